The molecule has 0 radical (unpaired) electrons. The summed E-state index contributed by atoms with van der Waals surface area (Å²) in [6.07, 6.45) is 1.69. The lowest BCUT2D eigenvalue weighted by Crippen LogP contribution is -2.00. The maximum Gasteiger partial charge on any atom is 0.373 e. The Bertz CT molecular complexity index is 554. The number of esters is 1. The molecule has 2 aromatic heterocycles. The SMILES string of the molecule is COC(=O)c1ccc(CNc2cccnc2Br)o1. The highest BCUT2D eigenvalue weighted by molar-refractivity contribution is 9.10. The van der Waals surface area contributed by atoms with E-state index < -0.39 is 5.97 Å². The first kappa shape index (κ1) is 12.6. The number of ether oxygens (including phenoxy) is 1. The van der Waals surface area contributed by atoms with Crippen molar-refractivity contribution in [2.24, 2.45) is 0 Å². The number of carbonyl (C=O) groups is 1. The number of anilines is 1. The number of aromatic nitrogens is 1. The molecule has 2 rings (SSSR count). The van der Waals surface area contributed by atoms with Crippen LogP contribution in [0.1, 0.15) is 16.3 Å². The van der Waals surface area contributed by atoms with Crippen LogP contribution >= 0.6 is 15.9 Å². The minimum absolute atomic E-state index is 0.194. The highest BCUT2D eigenvalue weighted by Crippen LogP contribution is 2.19. The third-order valence-electron chi connectivity index (χ3n) is 2.26. The molecule has 0 aliphatic rings. The standard InChI is InChI=1S/C12H11BrN2O3/c1-17-12(16)10-5-4-8(18-10)7-15-9-3-2-6-14-11(9)13/h2-6,15H,7H2,1H3. The second kappa shape index (κ2) is 5.68. The quantitative estimate of drug-likeness (QED) is 0.695. The van der Waals surface area contributed by atoms with Gasteiger partial charge in [0.15, 0.2) is 0 Å². The van der Waals surface area contributed by atoms with Crippen molar-refractivity contribution in [3.05, 3.63) is 46.6 Å². The molecule has 1 N–H and O–H groups in total. The first-order chi connectivity index (χ1) is 8.70. The van der Waals surface area contributed by atoms with E-state index in [1.54, 1.807) is 18.3 Å². The van der Waals surface area contributed by atoms with Crippen molar-refractivity contribution in [2.75, 3.05) is 12.4 Å². The summed E-state index contributed by atoms with van der Waals surface area (Å²) in [7, 11) is 1.32. The minimum atomic E-state index is -0.483. The van der Waals surface area contributed by atoms with Crippen molar-refractivity contribution in [3.63, 3.8) is 0 Å². The second-order valence-electron chi connectivity index (χ2n) is 3.45. The lowest BCUT2D eigenvalue weighted by Gasteiger charge is -2.05. The molecule has 0 aliphatic carbocycles. The van der Waals surface area contributed by atoms with Crippen molar-refractivity contribution in [1.29, 1.82) is 0 Å². The van der Waals surface area contributed by atoms with E-state index in [1.165, 1.54) is 7.11 Å². The summed E-state index contributed by atoms with van der Waals surface area (Å²) in [6, 6.07) is 7.03. The third kappa shape index (κ3) is 2.89. The zero-order valence-electron chi connectivity index (χ0n) is 9.64. The fraction of sp³-hybridized carbons (Fsp3) is 0.167. The van der Waals surface area contributed by atoms with Gasteiger partial charge < -0.3 is 14.5 Å². The van der Waals surface area contributed by atoms with E-state index in [9.17, 15) is 4.79 Å². The average Bonchev–Trinajstić information content (AvgIpc) is 2.86. The second-order valence-corrected chi connectivity index (χ2v) is 4.20. The van der Waals surface area contributed by atoms with Gasteiger partial charge in [0, 0.05) is 6.20 Å². The molecule has 6 heteroatoms. The van der Waals surface area contributed by atoms with Crippen LogP contribution in [-0.2, 0) is 11.3 Å². The molecule has 0 unspecified atom stereocenters. The Balaban J connectivity index is 2.01. The lowest BCUT2D eigenvalue weighted by molar-refractivity contribution is 0.0563. The van der Waals surface area contributed by atoms with Gasteiger partial charge >= 0.3 is 5.97 Å². The number of carbonyl (C=O) groups excluding carboxylic acids is 1. The van der Waals surface area contributed by atoms with Crippen molar-refractivity contribution in [1.82, 2.24) is 4.98 Å². The smallest absolute Gasteiger partial charge is 0.373 e. The van der Waals surface area contributed by atoms with Gasteiger partial charge in [-0.05, 0) is 40.2 Å². The Morgan fingerprint density at radius 3 is 3.06 bits per heavy atom. The predicted octanol–water partition coefficient (Wildman–Crippen LogP) is 2.84. The molecule has 0 saturated heterocycles. The Morgan fingerprint density at radius 2 is 2.33 bits per heavy atom. The fourth-order valence-corrected chi connectivity index (χ4v) is 1.77. The molecule has 0 fully saturated rings. The molecule has 5 nitrogen and oxygen atoms in total. The van der Waals surface area contributed by atoms with Crippen LogP contribution in [-0.4, -0.2) is 18.1 Å². The van der Waals surface area contributed by atoms with Gasteiger partial charge in [0.05, 0.1) is 19.3 Å². The van der Waals surface area contributed by atoms with E-state index in [0.717, 1.165) is 10.3 Å². The molecule has 0 bridgehead atoms. The zero-order chi connectivity index (χ0) is 13.0. The molecule has 0 saturated carbocycles. The highest BCUT2D eigenvalue weighted by atomic mass is 79.9. The largest absolute Gasteiger partial charge is 0.463 e. The molecule has 0 aliphatic heterocycles. The van der Waals surface area contributed by atoms with E-state index in [1.807, 2.05) is 12.1 Å². The van der Waals surface area contributed by atoms with Gasteiger partial charge in [0.1, 0.15) is 10.4 Å². The van der Waals surface area contributed by atoms with Crippen LogP contribution < -0.4 is 5.32 Å². The number of halogens is 1. The molecule has 2 aromatic rings. The molecule has 0 amide bonds. The van der Waals surface area contributed by atoms with Gasteiger partial charge in [-0.2, -0.15) is 0 Å². The Morgan fingerprint density at radius 1 is 1.50 bits per heavy atom. The number of furan rings is 1. The summed E-state index contributed by atoms with van der Waals surface area (Å²) in [6.45, 7) is 0.460. The van der Waals surface area contributed by atoms with Crippen LogP contribution in [0.2, 0.25) is 0 Å². The van der Waals surface area contributed by atoms with Crippen LogP contribution in [0.15, 0.2) is 39.5 Å². The number of hydrogen-bond acceptors (Lipinski definition) is 5. The van der Waals surface area contributed by atoms with E-state index in [4.69, 9.17) is 4.42 Å². The van der Waals surface area contributed by atoms with Crippen molar-refractivity contribution in [2.45, 2.75) is 6.54 Å². The van der Waals surface area contributed by atoms with Gasteiger partial charge in [-0.3, -0.25) is 0 Å². The van der Waals surface area contributed by atoms with Gasteiger partial charge in [0.25, 0.3) is 0 Å². The molecule has 0 atom stereocenters. The first-order valence-electron chi connectivity index (χ1n) is 5.22. The normalized spacial score (nSPS) is 10.1. The van der Waals surface area contributed by atoms with Crippen molar-refractivity contribution < 1.29 is 13.9 Å². The summed E-state index contributed by atoms with van der Waals surface area (Å²) in [5.41, 5.74) is 0.855. The number of nitrogens with one attached hydrogen (secondary N) is 1. The lowest BCUT2D eigenvalue weighted by atomic mass is 10.4. The molecule has 0 spiro atoms. The predicted molar refractivity (Wildman–Crippen MR) is 69.3 cm³/mol. The number of nitrogens with zero attached hydrogens (tertiary/aromatic N) is 1. The van der Waals surface area contributed by atoms with E-state index in [-0.39, 0.29) is 5.76 Å². The van der Waals surface area contributed by atoms with Gasteiger partial charge in [-0.15, -0.1) is 0 Å². The van der Waals surface area contributed by atoms with Crippen molar-refractivity contribution in [3.8, 4) is 0 Å². The zero-order valence-corrected chi connectivity index (χ0v) is 11.2. The van der Waals surface area contributed by atoms with Gasteiger partial charge in [-0.25, -0.2) is 9.78 Å². The van der Waals surface area contributed by atoms with Crippen LogP contribution in [0, 0.1) is 0 Å². The molecule has 18 heavy (non-hydrogen) atoms. The summed E-state index contributed by atoms with van der Waals surface area (Å²) in [4.78, 5) is 15.3. The van der Waals surface area contributed by atoms with E-state index in [2.05, 4.69) is 31.0 Å². The average molecular weight is 311 g/mol. The summed E-state index contributed by atoms with van der Waals surface area (Å²) in [5.74, 6) is 0.356. The van der Waals surface area contributed by atoms with E-state index in [0.29, 0.717) is 12.3 Å². The minimum Gasteiger partial charge on any atom is -0.463 e. The maximum atomic E-state index is 11.2. The maximum absolute atomic E-state index is 11.2. The van der Waals surface area contributed by atoms with Crippen LogP contribution in [0.5, 0.6) is 0 Å². The highest BCUT2D eigenvalue weighted by Gasteiger charge is 2.11. The molecule has 0 aromatic carbocycles. The third-order valence-corrected chi connectivity index (χ3v) is 2.89. The molecular weight excluding hydrogens is 300 g/mol. The Labute approximate surface area is 112 Å². The molecular formula is C12H11BrN2O3. The molecule has 94 valence electrons. The van der Waals surface area contributed by atoms with Crippen molar-refractivity contribution >= 4 is 27.6 Å². The number of methoxy groups -OCH3 is 1. The van der Waals surface area contributed by atoms with Gasteiger partial charge in [-0.1, -0.05) is 0 Å². The summed E-state index contributed by atoms with van der Waals surface area (Å²) in [5, 5.41) is 3.14. The number of pyridine rings is 1. The first-order valence-corrected chi connectivity index (χ1v) is 6.01. The van der Waals surface area contributed by atoms with Crippen LogP contribution in [0.3, 0.4) is 0 Å². The monoisotopic (exact) mass is 310 g/mol. The fourth-order valence-electron chi connectivity index (χ4n) is 1.38. The number of rotatable bonds is 4. The number of hydrogen-bond donors (Lipinski definition) is 1. The van der Waals surface area contributed by atoms with E-state index >= 15 is 0 Å². The van der Waals surface area contributed by atoms with Crippen LogP contribution in [0.25, 0.3) is 0 Å². The Kier molecular flexibility index (Phi) is 3.99. The Hall–Kier alpha value is -1.82. The summed E-state index contributed by atoms with van der Waals surface area (Å²) >= 11 is 3.33. The van der Waals surface area contributed by atoms with Crippen LogP contribution in [0.4, 0.5) is 5.69 Å². The molecule has 2 heterocycles. The van der Waals surface area contributed by atoms with Gasteiger partial charge in [0.2, 0.25) is 5.76 Å². The summed E-state index contributed by atoms with van der Waals surface area (Å²) < 4.78 is 10.6. The topological polar surface area (TPSA) is 64.4 Å².